The molecular weight excluding hydrogens is 328 g/mol. The summed E-state index contributed by atoms with van der Waals surface area (Å²) in [5.74, 6) is -0.539. The second-order valence-corrected chi connectivity index (χ2v) is 5.64. The van der Waals surface area contributed by atoms with Crippen molar-refractivity contribution in [3.63, 3.8) is 0 Å². The summed E-state index contributed by atoms with van der Waals surface area (Å²) in [7, 11) is 0. The second kappa shape index (κ2) is 6.60. The average molecular weight is 342 g/mol. The maximum Gasteiger partial charge on any atom is 0.335 e. The first-order valence-corrected chi connectivity index (χ1v) is 7.99. The predicted molar refractivity (Wildman–Crippen MR) is 99.5 cm³/mol. The quantitative estimate of drug-likeness (QED) is 0.580. The van der Waals surface area contributed by atoms with E-state index in [1.54, 1.807) is 18.3 Å². The number of carboxylic acid groups (broad SMARTS) is 1. The SMILES string of the molecule is O=C(O)c1ccc(Nc2nc(-c3ccccn3)c3ccccc3n2)cc1. The van der Waals surface area contributed by atoms with Crippen LogP contribution in [0, 0.1) is 0 Å². The molecule has 2 aromatic heterocycles. The number of pyridine rings is 1. The molecule has 2 N–H and O–H groups in total. The minimum Gasteiger partial charge on any atom is -0.478 e. The highest BCUT2D eigenvalue weighted by molar-refractivity contribution is 5.92. The van der Waals surface area contributed by atoms with Gasteiger partial charge in [-0.15, -0.1) is 0 Å². The van der Waals surface area contributed by atoms with Gasteiger partial charge in [-0.3, -0.25) is 4.98 Å². The molecule has 6 nitrogen and oxygen atoms in total. The summed E-state index contributed by atoms with van der Waals surface area (Å²) in [4.78, 5) is 24.5. The van der Waals surface area contributed by atoms with Gasteiger partial charge in [0.2, 0.25) is 5.95 Å². The topological polar surface area (TPSA) is 88.0 Å². The van der Waals surface area contributed by atoms with Crippen molar-refractivity contribution in [1.82, 2.24) is 15.0 Å². The fourth-order valence-corrected chi connectivity index (χ4v) is 2.66. The molecule has 126 valence electrons. The van der Waals surface area contributed by atoms with E-state index in [-0.39, 0.29) is 5.56 Å². The minimum atomic E-state index is -0.962. The minimum absolute atomic E-state index is 0.226. The van der Waals surface area contributed by atoms with Gasteiger partial charge >= 0.3 is 5.97 Å². The Morgan fingerprint density at radius 3 is 2.38 bits per heavy atom. The molecule has 0 fully saturated rings. The van der Waals surface area contributed by atoms with Crippen LogP contribution in [0.15, 0.2) is 72.9 Å². The molecule has 0 aliphatic carbocycles. The Bertz CT molecular complexity index is 1080. The molecule has 0 aliphatic heterocycles. The van der Waals surface area contributed by atoms with Crippen molar-refractivity contribution in [2.24, 2.45) is 0 Å². The third-order valence-corrected chi connectivity index (χ3v) is 3.90. The van der Waals surface area contributed by atoms with Gasteiger partial charge in [-0.1, -0.05) is 24.3 Å². The lowest BCUT2D eigenvalue weighted by atomic mass is 10.1. The van der Waals surface area contributed by atoms with Crippen molar-refractivity contribution in [2.45, 2.75) is 0 Å². The molecule has 0 radical (unpaired) electrons. The number of nitrogens with zero attached hydrogens (tertiary/aromatic N) is 3. The van der Waals surface area contributed by atoms with E-state index in [1.807, 2.05) is 42.5 Å². The Kier molecular flexibility index (Phi) is 3.99. The number of nitrogens with one attached hydrogen (secondary N) is 1. The zero-order chi connectivity index (χ0) is 17.9. The van der Waals surface area contributed by atoms with Crippen molar-refractivity contribution in [2.75, 3.05) is 5.32 Å². The van der Waals surface area contributed by atoms with Gasteiger partial charge in [-0.05, 0) is 42.5 Å². The molecule has 0 unspecified atom stereocenters. The van der Waals surface area contributed by atoms with Gasteiger partial charge in [0.05, 0.1) is 16.8 Å². The summed E-state index contributed by atoms with van der Waals surface area (Å²) in [6.45, 7) is 0. The number of benzene rings is 2. The van der Waals surface area contributed by atoms with Gasteiger partial charge in [0.15, 0.2) is 0 Å². The Labute approximate surface area is 149 Å². The van der Waals surface area contributed by atoms with Crippen LogP contribution in [0.4, 0.5) is 11.6 Å². The number of anilines is 2. The summed E-state index contributed by atoms with van der Waals surface area (Å²) in [5, 5.41) is 13.0. The molecule has 0 saturated heterocycles. The van der Waals surface area contributed by atoms with Gasteiger partial charge in [-0.2, -0.15) is 0 Å². The number of hydrogen-bond acceptors (Lipinski definition) is 5. The van der Waals surface area contributed by atoms with Gasteiger partial charge in [0.25, 0.3) is 0 Å². The van der Waals surface area contributed by atoms with E-state index in [2.05, 4.69) is 20.3 Å². The van der Waals surface area contributed by atoms with Crippen molar-refractivity contribution in [1.29, 1.82) is 0 Å². The highest BCUT2D eigenvalue weighted by atomic mass is 16.4. The van der Waals surface area contributed by atoms with E-state index in [4.69, 9.17) is 5.11 Å². The van der Waals surface area contributed by atoms with Gasteiger partial charge in [0, 0.05) is 17.3 Å². The lowest BCUT2D eigenvalue weighted by Gasteiger charge is -2.10. The summed E-state index contributed by atoms with van der Waals surface area (Å²) in [5.41, 5.74) is 3.23. The van der Waals surface area contributed by atoms with Crippen LogP contribution in [0.5, 0.6) is 0 Å². The monoisotopic (exact) mass is 342 g/mol. The number of aromatic carboxylic acids is 1. The van der Waals surface area contributed by atoms with E-state index in [9.17, 15) is 4.79 Å². The summed E-state index contributed by atoms with van der Waals surface area (Å²) >= 11 is 0. The Morgan fingerprint density at radius 1 is 0.885 bits per heavy atom. The average Bonchev–Trinajstić information content (AvgIpc) is 2.68. The molecule has 26 heavy (non-hydrogen) atoms. The number of para-hydroxylation sites is 1. The molecule has 0 atom stereocenters. The smallest absolute Gasteiger partial charge is 0.335 e. The van der Waals surface area contributed by atoms with E-state index in [0.29, 0.717) is 11.6 Å². The zero-order valence-electron chi connectivity index (χ0n) is 13.6. The first-order chi connectivity index (χ1) is 12.7. The molecule has 2 heterocycles. The molecule has 0 amide bonds. The van der Waals surface area contributed by atoms with Crippen LogP contribution >= 0.6 is 0 Å². The fourth-order valence-electron chi connectivity index (χ4n) is 2.66. The lowest BCUT2D eigenvalue weighted by molar-refractivity contribution is 0.0697. The number of hydrogen-bond donors (Lipinski definition) is 2. The Morgan fingerprint density at radius 2 is 1.65 bits per heavy atom. The molecule has 0 bridgehead atoms. The van der Waals surface area contributed by atoms with Crippen LogP contribution in [-0.2, 0) is 0 Å². The van der Waals surface area contributed by atoms with Crippen LogP contribution in [0.1, 0.15) is 10.4 Å². The first kappa shape index (κ1) is 15.7. The van der Waals surface area contributed by atoms with E-state index in [0.717, 1.165) is 22.3 Å². The zero-order valence-corrected chi connectivity index (χ0v) is 13.6. The van der Waals surface area contributed by atoms with E-state index < -0.39 is 5.97 Å². The third kappa shape index (κ3) is 3.08. The summed E-state index contributed by atoms with van der Waals surface area (Å²) in [6.07, 6.45) is 1.73. The largest absolute Gasteiger partial charge is 0.478 e. The van der Waals surface area contributed by atoms with Crippen molar-refractivity contribution in [3.05, 3.63) is 78.5 Å². The summed E-state index contributed by atoms with van der Waals surface area (Å²) < 4.78 is 0. The fraction of sp³-hybridized carbons (Fsp3) is 0. The summed E-state index contributed by atoms with van der Waals surface area (Å²) in [6, 6.07) is 19.8. The Hall–Kier alpha value is -3.80. The maximum absolute atomic E-state index is 11.0. The lowest BCUT2D eigenvalue weighted by Crippen LogP contribution is -2.01. The van der Waals surface area contributed by atoms with Crippen LogP contribution < -0.4 is 5.32 Å². The van der Waals surface area contributed by atoms with E-state index >= 15 is 0 Å². The highest BCUT2D eigenvalue weighted by Gasteiger charge is 2.11. The molecule has 4 rings (SSSR count). The van der Waals surface area contributed by atoms with Gasteiger partial charge in [-0.25, -0.2) is 14.8 Å². The van der Waals surface area contributed by atoms with Crippen molar-refractivity contribution in [3.8, 4) is 11.4 Å². The van der Waals surface area contributed by atoms with Crippen LogP contribution in [0.3, 0.4) is 0 Å². The molecule has 4 aromatic rings. The van der Waals surface area contributed by atoms with Gasteiger partial charge in [0.1, 0.15) is 5.69 Å². The third-order valence-electron chi connectivity index (χ3n) is 3.90. The molecule has 6 heteroatoms. The first-order valence-electron chi connectivity index (χ1n) is 7.99. The molecular formula is C20H14N4O2. The van der Waals surface area contributed by atoms with Crippen LogP contribution in [-0.4, -0.2) is 26.0 Å². The van der Waals surface area contributed by atoms with E-state index in [1.165, 1.54) is 12.1 Å². The number of fused-ring (bicyclic) bond motifs is 1. The Balaban J connectivity index is 1.77. The number of carboxylic acids is 1. The maximum atomic E-state index is 11.0. The van der Waals surface area contributed by atoms with Crippen LogP contribution in [0.2, 0.25) is 0 Å². The number of aromatic nitrogens is 3. The number of rotatable bonds is 4. The van der Waals surface area contributed by atoms with Crippen LogP contribution in [0.25, 0.3) is 22.3 Å². The molecule has 0 saturated carbocycles. The van der Waals surface area contributed by atoms with Crippen molar-refractivity contribution < 1.29 is 9.90 Å². The van der Waals surface area contributed by atoms with Gasteiger partial charge < -0.3 is 10.4 Å². The number of carbonyl (C=O) groups is 1. The second-order valence-electron chi connectivity index (χ2n) is 5.64. The van der Waals surface area contributed by atoms with Crippen molar-refractivity contribution >= 4 is 28.5 Å². The molecule has 0 spiro atoms. The normalized spacial score (nSPS) is 10.6. The predicted octanol–water partition coefficient (Wildman–Crippen LogP) is 4.13. The highest BCUT2D eigenvalue weighted by Crippen LogP contribution is 2.26. The standard InChI is InChI=1S/C20H14N4O2/c25-19(26)13-8-10-14(11-9-13)22-20-23-16-6-2-1-5-15(16)18(24-20)17-7-3-4-12-21-17/h1-12H,(H,25,26)(H,22,23,24). The molecule has 0 aliphatic rings. The molecule has 2 aromatic carbocycles.